The molecule has 3 rings (SSSR count). The summed E-state index contributed by atoms with van der Waals surface area (Å²) in [5, 5.41) is 1.24. The van der Waals surface area contributed by atoms with Crippen LogP contribution in [0.2, 0.25) is 5.15 Å². The van der Waals surface area contributed by atoms with E-state index in [9.17, 15) is 9.59 Å². The maximum absolute atomic E-state index is 12.1. The number of hydrogen-bond donors (Lipinski definition) is 1. The third kappa shape index (κ3) is 3.88. The molecule has 0 aliphatic carbocycles. The van der Waals surface area contributed by atoms with Gasteiger partial charge >= 0.3 is 5.97 Å². The van der Waals surface area contributed by atoms with Crippen molar-refractivity contribution < 1.29 is 14.3 Å². The Hall–Kier alpha value is -3.05. The molecule has 27 heavy (non-hydrogen) atoms. The minimum Gasteiger partial charge on any atom is -0.462 e. The summed E-state index contributed by atoms with van der Waals surface area (Å²) in [6.07, 6.45) is 1.41. The number of halogens is 1. The van der Waals surface area contributed by atoms with Gasteiger partial charge in [0.25, 0.3) is 5.91 Å². The Kier molecular flexibility index (Phi) is 5.62. The number of esters is 1. The molecular formula is C21H19ClN2O3. The summed E-state index contributed by atoms with van der Waals surface area (Å²) in [5.41, 5.74) is 7.68. The van der Waals surface area contributed by atoms with Crippen LogP contribution in [0.5, 0.6) is 0 Å². The first kappa shape index (κ1) is 18.7. The van der Waals surface area contributed by atoms with Crippen LogP contribution in [-0.2, 0) is 20.9 Å². The van der Waals surface area contributed by atoms with Gasteiger partial charge in [0.1, 0.15) is 10.7 Å². The second-order valence-electron chi connectivity index (χ2n) is 5.94. The number of primary amides is 1. The number of amides is 1. The number of carbonyl (C=O) groups excluding carboxylic acids is 2. The minimum atomic E-state index is -0.857. The summed E-state index contributed by atoms with van der Waals surface area (Å²) in [6.45, 7) is 2.36. The van der Waals surface area contributed by atoms with Crippen molar-refractivity contribution in [2.24, 2.45) is 5.73 Å². The third-order valence-corrected chi connectivity index (χ3v) is 4.58. The number of fused-ring (bicyclic) bond motifs is 1. The molecule has 1 amide bonds. The van der Waals surface area contributed by atoms with E-state index in [1.807, 2.05) is 59.2 Å². The molecular weight excluding hydrogens is 364 g/mol. The highest BCUT2D eigenvalue weighted by atomic mass is 35.5. The van der Waals surface area contributed by atoms with E-state index in [1.54, 1.807) is 6.92 Å². The maximum atomic E-state index is 12.1. The van der Waals surface area contributed by atoms with Crippen LogP contribution in [0.1, 0.15) is 18.1 Å². The van der Waals surface area contributed by atoms with Gasteiger partial charge in [0.05, 0.1) is 12.1 Å². The molecule has 138 valence electrons. The maximum Gasteiger partial charge on any atom is 0.343 e. The molecule has 0 radical (unpaired) electrons. The molecule has 0 atom stereocenters. The summed E-state index contributed by atoms with van der Waals surface area (Å²) in [7, 11) is 0. The smallest absolute Gasteiger partial charge is 0.343 e. The van der Waals surface area contributed by atoms with Crippen molar-refractivity contribution in [2.75, 3.05) is 6.61 Å². The molecule has 1 heterocycles. The second-order valence-corrected chi connectivity index (χ2v) is 6.29. The summed E-state index contributed by atoms with van der Waals surface area (Å²) < 4.78 is 6.87. The number of para-hydroxylation sites is 1. The second kappa shape index (κ2) is 8.10. The topological polar surface area (TPSA) is 74.3 Å². The fourth-order valence-corrected chi connectivity index (χ4v) is 3.25. The molecule has 0 saturated heterocycles. The zero-order valence-electron chi connectivity index (χ0n) is 14.8. The van der Waals surface area contributed by atoms with Crippen LogP contribution in [-0.4, -0.2) is 23.1 Å². The number of ether oxygens (including phenoxy) is 1. The zero-order chi connectivity index (χ0) is 19.4. The molecule has 0 aliphatic heterocycles. The first-order valence-electron chi connectivity index (χ1n) is 8.52. The highest BCUT2D eigenvalue weighted by Gasteiger charge is 2.21. The molecule has 0 unspecified atom stereocenters. The fourth-order valence-electron chi connectivity index (χ4n) is 2.94. The van der Waals surface area contributed by atoms with Crippen LogP contribution in [0.25, 0.3) is 17.0 Å². The Labute approximate surface area is 162 Å². The first-order chi connectivity index (χ1) is 13.0. The molecule has 2 N–H and O–H groups in total. The molecule has 0 bridgehead atoms. The number of nitrogens with two attached hydrogens (primary N) is 1. The van der Waals surface area contributed by atoms with Gasteiger partial charge in [-0.05, 0) is 24.6 Å². The molecule has 5 nitrogen and oxygen atoms in total. The molecule has 0 aliphatic rings. The lowest BCUT2D eigenvalue weighted by Gasteiger charge is -2.07. The number of hydrogen-bond acceptors (Lipinski definition) is 3. The van der Waals surface area contributed by atoms with Gasteiger partial charge in [-0.3, -0.25) is 4.79 Å². The van der Waals surface area contributed by atoms with Gasteiger partial charge in [0.15, 0.2) is 0 Å². The summed E-state index contributed by atoms with van der Waals surface area (Å²) in [6, 6.07) is 17.5. The molecule has 0 fully saturated rings. The predicted molar refractivity (Wildman–Crippen MR) is 106 cm³/mol. The van der Waals surface area contributed by atoms with Gasteiger partial charge in [0.2, 0.25) is 0 Å². The van der Waals surface area contributed by atoms with Crippen LogP contribution < -0.4 is 5.73 Å². The SMILES string of the molecule is CCOC(=O)C(=Cc1c(Cl)n(Cc2ccccc2)c2ccccc12)C(N)=O. The Balaban J connectivity index is 2.16. The van der Waals surface area contributed by atoms with Gasteiger partial charge in [-0.25, -0.2) is 4.79 Å². The minimum absolute atomic E-state index is 0.146. The Morgan fingerprint density at radius 2 is 1.78 bits per heavy atom. The number of carbonyl (C=O) groups is 2. The van der Waals surface area contributed by atoms with E-state index in [1.165, 1.54) is 6.08 Å². The standard InChI is InChI=1S/C21H19ClN2O3/c1-2-27-21(26)17(20(23)25)12-16-15-10-6-7-11-18(15)24(19(16)22)13-14-8-4-3-5-9-14/h3-12H,2,13H2,1H3,(H2,23,25). The van der Waals surface area contributed by atoms with Gasteiger partial charge in [-0.15, -0.1) is 0 Å². The largest absolute Gasteiger partial charge is 0.462 e. The summed E-state index contributed by atoms with van der Waals surface area (Å²) in [5.74, 6) is -1.62. The van der Waals surface area contributed by atoms with Crippen LogP contribution in [0.4, 0.5) is 0 Å². The van der Waals surface area contributed by atoms with Gasteiger partial charge in [-0.1, -0.05) is 60.1 Å². The fraction of sp³-hybridized carbons (Fsp3) is 0.143. The van der Waals surface area contributed by atoms with Crippen molar-refractivity contribution in [1.29, 1.82) is 0 Å². The average molecular weight is 383 g/mol. The predicted octanol–water partition coefficient (Wildman–Crippen LogP) is 3.77. The van der Waals surface area contributed by atoms with E-state index in [0.717, 1.165) is 16.5 Å². The highest BCUT2D eigenvalue weighted by molar-refractivity contribution is 6.33. The average Bonchev–Trinajstić information content (AvgIpc) is 2.92. The molecule has 3 aromatic rings. The molecule has 6 heteroatoms. The first-order valence-corrected chi connectivity index (χ1v) is 8.90. The monoisotopic (exact) mass is 382 g/mol. The summed E-state index contributed by atoms with van der Waals surface area (Å²) in [4.78, 5) is 23.9. The van der Waals surface area contributed by atoms with Crippen molar-refractivity contribution in [1.82, 2.24) is 4.57 Å². The van der Waals surface area contributed by atoms with E-state index >= 15 is 0 Å². The Bertz CT molecular complexity index is 1020. The Morgan fingerprint density at radius 3 is 2.44 bits per heavy atom. The lowest BCUT2D eigenvalue weighted by atomic mass is 10.1. The number of nitrogens with zero attached hydrogens (tertiary/aromatic N) is 1. The number of rotatable bonds is 6. The highest BCUT2D eigenvalue weighted by Crippen LogP contribution is 2.32. The van der Waals surface area contributed by atoms with Crippen molar-refractivity contribution in [2.45, 2.75) is 13.5 Å². The molecule has 1 aromatic heterocycles. The van der Waals surface area contributed by atoms with Crippen molar-refractivity contribution in [3.63, 3.8) is 0 Å². The molecule has 0 spiro atoms. The van der Waals surface area contributed by atoms with Gasteiger partial charge in [-0.2, -0.15) is 0 Å². The van der Waals surface area contributed by atoms with E-state index in [0.29, 0.717) is 17.3 Å². The van der Waals surface area contributed by atoms with Gasteiger partial charge in [0, 0.05) is 17.5 Å². The van der Waals surface area contributed by atoms with Crippen LogP contribution >= 0.6 is 11.6 Å². The molecule has 2 aromatic carbocycles. The van der Waals surface area contributed by atoms with Crippen molar-refractivity contribution in [3.05, 3.63) is 76.5 Å². The molecule has 0 saturated carbocycles. The lowest BCUT2D eigenvalue weighted by molar-refractivity contribution is -0.139. The van der Waals surface area contributed by atoms with E-state index in [-0.39, 0.29) is 12.2 Å². The third-order valence-electron chi connectivity index (χ3n) is 4.18. The van der Waals surface area contributed by atoms with Crippen LogP contribution in [0.15, 0.2) is 60.2 Å². The van der Waals surface area contributed by atoms with E-state index < -0.39 is 11.9 Å². The van der Waals surface area contributed by atoms with Gasteiger partial charge < -0.3 is 15.0 Å². The zero-order valence-corrected chi connectivity index (χ0v) is 15.6. The van der Waals surface area contributed by atoms with Crippen LogP contribution in [0.3, 0.4) is 0 Å². The Morgan fingerprint density at radius 1 is 1.11 bits per heavy atom. The normalized spacial score (nSPS) is 11.6. The number of aromatic nitrogens is 1. The van der Waals surface area contributed by atoms with E-state index in [4.69, 9.17) is 22.1 Å². The summed E-state index contributed by atoms with van der Waals surface area (Å²) >= 11 is 6.65. The van der Waals surface area contributed by atoms with Crippen LogP contribution in [0, 0.1) is 0 Å². The lowest BCUT2D eigenvalue weighted by Crippen LogP contribution is -2.22. The number of benzene rings is 2. The van der Waals surface area contributed by atoms with Crippen molar-refractivity contribution in [3.8, 4) is 0 Å². The van der Waals surface area contributed by atoms with Crippen molar-refractivity contribution >= 4 is 40.5 Å². The van der Waals surface area contributed by atoms with E-state index in [2.05, 4.69) is 0 Å². The quantitative estimate of drug-likeness (QED) is 0.305.